The molecule has 0 aliphatic carbocycles. The summed E-state index contributed by atoms with van der Waals surface area (Å²) in [5.74, 6) is 0.653. The van der Waals surface area contributed by atoms with E-state index in [1.165, 1.54) is 0 Å². The molecule has 0 rings (SSSR count). The summed E-state index contributed by atoms with van der Waals surface area (Å²) < 4.78 is 11.8. The van der Waals surface area contributed by atoms with Crippen LogP contribution in [0.4, 0.5) is 4.48 Å². The first-order valence-electron chi connectivity index (χ1n) is 3.58. The summed E-state index contributed by atoms with van der Waals surface area (Å²) in [7, 11) is 1.75. The van der Waals surface area contributed by atoms with E-state index in [4.69, 9.17) is 0 Å². The van der Waals surface area contributed by atoms with Crippen LogP contribution >= 0.6 is 0 Å². The minimum Gasteiger partial charge on any atom is -0.335 e. The van der Waals surface area contributed by atoms with Gasteiger partial charge in [-0.2, -0.15) is 0 Å². The summed E-state index contributed by atoms with van der Waals surface area (Å²) in [5.41, 5.74) is 0.865. The van der Waals surface area contributed by atoms with Gasteiger partial charge < -0.3 is 4.90 Å². The Morgan fingerprint density at radius 3 is 2.27 bits per heavy atom. The van der Waals surface area contributed by atoms with E-state index in [0.717, 1.165) is 5.70 Å². The first-order valence-corrected chi connectivity index (χ1v) is 3.58. The molecular weight excluding hydrogens is 143 g/mol. The minimum absolute atomic E-state index is 0.316. The van der Waals surface area contributed by atoms with E-state index < -0.39 is 0 Å². The molecule has 0 aromatic heterocycles. The van der Waals surface area contributed by atoms with Crippen LogP contribution in [0.3, 0.4) is 0 Å². The van der Waals surface area contributed by atoms with Crippen LogP contribution in [0.25, 0.3) is 0 Å². The second-order valence-electron chi connectivity index (χ2n) is 2.84. The van der Waals surface area contributed by atoms with Crippen LogP contribution in [0.5, 0.6) is 0 Å². The van der Waals surface area contributed by atoms with Crippen molar-refractivity contribution in [2.24, 2.45) is 11.1 Å². The van der Waals surface area contributed by atoms with Crippen molar-refractivity contribution >= 4 is 5.84 Å². The first kappa shape index (κ1) is 10.1. The first-order chi connectivity index (χ1) is 5.00. The van der Waals surface area contributed by atoms with E-state index >= 15 is 0 Å². The van der Waals surface area contributed by atoms with E-state index in [9.17, 15) is 4.48 Å². The fourth-order valence-electron chi connectivity index (χ4n) is 0.652. The van der Waals surface area contributed by atoms with E-state index in [-0.39, 0.29) is 0 Å². The Bertz CT molecular complexity index is 173. The van der Waals surface area contributed by atoms with Crippen molar-refractivity contribution in [3.63, 3.8) is 0 Å². The zero-order valence-corrected chi connectivity index (χ0v) is 7.56. The van der Waals surface area contributed by atoms with E-state index in [1.807, 2.05) is 13.8 Å². The Morgan fingerprint density at radius 2 is 2.00 bits per heavy atom. The van der Waals surface area contributed by atoms with Crippen molar-refractivity contribution in [3.8, 4) is 0 Å². The molecule has 0 N–H and O–H groups in total. The lowest BCUT2D eigenvalue weighted by Gasteiger charge is -2.22. The highest BCUT2D eigenvalue weighted by molar-refractivity contribution is 5.80. The smallest absolute Gasteiger partial charge is 0.138 e. The molecule has 0 unspecified atom stereocenters. The molecular formula is C8H15FN2. The maximum absolute atomic E-state index is 11.8. The van der Waals surface area contributed by atoms with Gasteiger partial charge in [0.25, 0.3) is 0 Å². The topological polar surface area (TPSA) is 15.6 Å². The van der Waals surface area contributed by atoms with Crippen molar-refractivity contribution in [2.45, 2.75) is 20.8 Å². The molecule has 3 heteroatoms. The Morgan fingerprint density at radius 1 is 1.55 bits per heavy atom. The molecule has 0 saturated carbocycles. The van der Waals surface area contributed by atoms with Crippen molar-refractivity contribution in [1.82, 2.24) is 4.90 Å². The fraction of sp³-hybridized carbons (Fsp3) is 0.625. The molecule has 0 saturated heterocycles. The summed E-state index contributed by atoms with van der Waals surface area (Å²) in [6.45, 7) is 9.41. The minimum atomic E-state index is 0.316. The standard InChI is InChI=1S/C8H15FN2/c1-6(2)7(3)11(5)8(4)10-9/h6H,3H2,1-2,4-5H3/b10-8-. The third-order valence-electron chi connectivity index (χ3n) is 1.70. The van der Waals surface area contributed by atoms with Gasteiger partial charge in [0.2, 0.25) is 0 Å². The van der Waals surface area contributed by atoms with E-state index in [2.05, 4.69) is 11.8 Å². The summed E-state index contributed by atoms with van der Waals surface area (Å²) in [4.78, 5) is 1.64. The highest BCUT2D eigenvalue weighted by Gasteiger charge is 2.08. The lowest BCUT2D eigenvalue weighted by atomic mass is 10.1. The number of nitrogens with zero attached hydrogens (tertiary/aromatic N) is 2. The average Bonchev–Trinajstić information content (AvgIpc) is 2.00. The lowest BCUT2D eigenvalue weighted by Crippen LogP contribution is -2.25. The van der Waals surface area contributed by atoms with Gasteiger partial charge in [-0.1, -0.05) is 30.1 Å². The Labute approximate surface area is 67.4 Å². The predicted octanol–water partition coefficient (Wildman–Crippen LogP) is 2.39. The van der Waals surface area contributed by atoms with E-state index in [1.54, 1.807) is 18.9 Å². The number of halogens is 1. The number of hydrogen-bond acceptors (Lipinski definition) is 1. The monoisotopic (exact) mass is 158 g/mol. The molecule has 0 aromatic carbocycles. The molecule has 0 bridgehead atoms. The molecule has 0 spiro atoms. The van der Waals surface area contributed by atoms with Gasteiger partial charge in [-0.05, 0) is 12.8 Å². The van der Waals surface area contributed by atoms with Gasteiger partial charge in [-0.25, -0.2) is 0 Å². The maximum Gasteiger partial charge on any atom is 0.138 e. The number of hydrogen-bond donors (Lipinski definition) is 0. The summed E-state index contributed by atoms with van der Waals surface area (Å²) in [6.07, 6.45) is 0. The third kappa shape index (κ3) is 2.70. The van der Waals surface area contributed by atoms with E-state index in [0.29, 0.717) is 11.8 Å². The summed E-state index contributed by atoms with van der Waals surface area (Å²) in [5, 5.41) is 2.57. The van der Waals surface area contributed by atoms with Gasteiger partial charge in [-0.15, -0.1) is 0 Å². The van der Waals surface area contributed by atoms with Crippen LogP contribution in [0.15, 0.2) is 17.5 Å². The van der Waals surface area contributed by atoms with Crippen molar-refractivity contribution < 1.29 is 4.48 Å². The number of rotatable bonds is 2. The Kier molecular flexibility index (Phi) is 3.79. The largest absolute Gasteiger partial charge is 0.335 e. The molecule has 64 valence electrons. The zero-order valence-electron chi connectivity index (χ0n) is 7.56. The van der Waals surface area contributed by atoms with Gasteiger partial charge in [0.15, 0.2) is 0 Å². The van der Waals surface area contributed by atoms with Crippen LogP contribution in [0.1, 0.15) is 20.8 Å². The van der Waals surface area contributed by atoms with Crippen molar-refractivity contribution in [3.05, 3.63) is 12.3 Å². The van der Waals surface area contributed by atoms with Gasteiger partial charge in [0.05, 0.1) is 0 Å². The van der Waals surface area contributed by atoms with Gasteiger partial charge in [0, 0.05) is 12.7 Å². The molecule has 0 atom stereocenters. The van der Waals surface area contributed by atoms with Gasteiger partial charge >= 0.3 is 0 Å². The summed E-state index contributed by atoms with van der Waals surface area (Å²) in [6, 6.07) is 0. The van der Waals surface area contributed by atoms with Crippen LogP contribution < -0.4 is 0 Å². The normalized spacial score (nSPS) is 12.0. The fourth-order valence-corrected chi connectivity index (χ4v) is 0.652. The Balaban J connectivity index is 4.25. The molecule has 0 aliphatic rings. The average molecular weight is 158 g/mol. The SMILES string of the molecule is C=C(C(C)C)N(C)/C(C)=N\F. The maximum atomic E-state index is 11.8. The van der Waals surface area contributed by atoms with Crippen molar-refractivity contribution in [2.75, 3.05) is 7.05 Å². The molecule has 0 radical (unpaired) electrons. The quantitative estimate of drug-likeness (QED) is 0.445. The molecule has 11 heavy (non-hydrogen) atoms. The molecule has 2 nitrogen and oxygen atoms in total. The number of allylic oxidation sites excluding steroid dienone is 1. The third-order valence-corrected chi connectivity index (χ3v) is 1.70. The summed E-state index contributed by atoms with van der Waals surface area (Å²) >= 11 is 0. The van der Waals surface area contributed by atoms with Crippen LogP contribution in [0, 0.1) is 5.92 Å². The predicted molar refractivity (Wildman–Crippen MR) is 46.0 cm³/mol. The molecule has 0 amide bonds. The van der Waals surface area contributed by atoms with Crippen LogP contribution in [0.2, 0.25) is 0 Å². The zero-order chi connectivity index (χ0) is 9.02. The van der Waals surface area contributed by atoms with Crippen LogP contribution in [-0.4, -0.2) is 17.8 Å². The highest BCUT2D eigenvalue weighted by atomic mass is 19.2. The number of amidine groups is 1. The van der Waals surface area contributed by atoms with Gasteiger partial charge in [-0.3, -0.25) is 0 Å². The molecule has 0 aliphatic heterocycles. The molecule has 0 heterocycles. The lowest BCUT2D eigenvalue weighted by molar-refractivity contribution is 0.479. The Hall–Kier alpha value is -0.860. The second-order valence-corrected chi connectivity index (χ2v) is 2.84. The second kappa shape index (κ2) is 4.11. The highest BCUT2D eigenvalue weighted by Crippen LogP contribution is 2.11. The van der Waals surface area contributed by atoms with Crippen molar-refractivity contribution in [1.29, 1.82) is 0 Å². The molecule has 0 aromatic rings. The van der Waals surface area contributed by atoms with Crippen LogP contribution in [-0.2, 0) is 0 Å². The van der Waals surface area contributed by atoms with Gasteiger partial charge in [0.1, 0.15) is 5.84 Å². The molecule has 0 fully saturated rings.